The predicted octanol–water partition coefficient (Wildman–Crippen LogP) is 3.81. The van der Waals surface area contributed by atoms with E-state index >= 15 is 0 Å². The lowest BCUT2D eigenvalue weighted by atomic mass is 9.95. The van der Waals surface area contributed by atoms with Gasteiger partial charge in [0.2, 0.25) is 0 Å². The molecule has 20 heavy (non-hydrogen) atoms. The lowest BCUT2D eigenvalue weighted by Crippen LogP contribution is -2.30. The van der Waals surface area contributed by atoms with E-state index in [4.69, 9.17) is 22.2 Å². The third kappa shape index (κ3) is 3.25. The molecule has 0 saturated heterocycles. The van der Waals surface area contributed by atoms with Crippen LogP contribution in [0.2, 0.25) is 5.02 Å². The highest BCUT2D eigenvalue weighted by Crippen LogP contribution is 2.31. The summed E-state index contributed by atoms with van der Waals surface area (Å²) >= 11 is 8.39. The van der Waals surface area contributed by atoms with E-state index < -0.39 is 0 Å². The normalized spacial score (nSPS) is 12.2. The van der Waals surface area contributed by atoms with Crippen LogP contribution < -0.4 is 16.0 Å². The van der Waals surface area contributed by atoms with Crippen molar-refractivity contribution in [2.45, 2.75) is 13.0 Å². The molecule has 0 aliphatic heterocycles. The third-order valence-corrected chi connectivity index (χ3v) is 4.44. The quantitative estimate of drug-likeness (QED) is 0.464. The van der Waals surface area contributed by atoms with Crippen molar-refractivity contribution in [2.75, 3.05) is 7.11 Å². The van der Waals surface area contributed by atoms with Gasteiger partial charge in [-0.15, -0.1) is 0 Å². The molecule has 5 heteroatoms. The first-order valence-corrected chi connectivity index (χ1v) is 7.58. The van der Waals surface area contributed by atoms with Crippen LogP contribution in [0, 0.1) is 10.5 Å². The maximum absolute atomic E-state index is 6.10. The smallest absolute Gasteiger partial charge is 0.119 e. The van der Waals surface area contributed by atoms with Gasteiger partial charge < -0.3 is 4.74 Å². The van der Waals surface area contributed by atoms with E-state index in [2.05, 4.69) is 28.0 Å². The topological polar surface area (TPSA) is 47.3 Å². The average molecular weight is 403 g/mol. The minimum atomic E-state index is -0.105. The van der Waals surface area contributed by atoms with E-state index in [-0.39, 0.29) is 6.04 Å². The van der Waals surface area contributed by atoms with E-state index in [9.17, 15) is 0 Å². The largest absolute Gasteiger partial charge is 0.497 e. The number of hydrazine groups is 1. The molecule has 1 atom stereocenters. The van der Waals surface area contributed by atoms with Crippen LogP contribution in [0.25, 0.3) is 0 Å². The zero-order chi connectivity index (χ0) is 14.7. The highest BCUT2D eigenvalue weighted by Gasteiger charge is 2.18. The van der Waals surface area contributed by atoms with Crippen LogP contribution >= 0.6 is 34.2 Å². The summed E-state index contributed by atoms with van der Waals surface area (Å²) in [6.07, 6.45) is 0. The molecule has 3 N–H and O–H groups in total. The third-order valence-electron chi connectivity index (χ3n) is 3.22. The number of hydrogen-bond acceptors (Lipinski definition) is 3. The number of benzene rings is 2. The van der Waals surface area contributed by atoms with Crippen LogP contribution in [0.15, 0.2) is 36.4 Å². The highest BCUT2D eigenvalue weighted by molar-refractivity contribution is 14.1. The number of methoxy groups -OCH3 is 1. The first-order chi connectivity index (χ1) is 9.56. The molecule has 0 heterocycles. The van der Waals surface area contributed by atoms with Crippen molar-refractivity contribution in [3.8, 4) is 5.75 Å². The molecular formula is C15H16ClIN2O. The Bertz CT molecular complexity index is 619. The summed E-state index contributed by atoms with van der Waals surface area (Å²) < 4.78 is 6.35. The second-order valence-electron chi connectivity index (χ2n) is 4.49. The minimum Gasteiger partial charge on any atom is -0.497 e. The molecule has 0 saturated carbocycles. The number of rotatable bonds is 4. The predicted molar refractivity (Wildman–Crippen MR) is 91.1 cm³/mol. The lowest BCUT2D eigenvalue weighted by molar-refractivity contribution is 0.414. The Labute approximate surface area is 137 Å². The summed E-state index contributed by atoms with van der Waals surface area (Å²) in [5, 5.41) is 0.701. The molecule has 0 spiro atoms. The van der Waals surface area contributed by atoms with Gasteiger partial charge >= 0.3 is 0 Å². The molecular weight excluding hydrogens is 387 g/mol. The Balaban J connectivity index is 2.49. The first-order valence-electron chi connectivity index (χ1n) is 6.12. The van der Waals surface area contributed by atoms with Crippen LogP contribution in [0.3, 0.4) is 0 Å². The summed E-state index contributed by atoms with van der Waals surface area (Å²) in [5.74, 6) is 6.60. The van der Waals surface area contributed by atoms with Gasteiger partial charge in [-0.25, -0.2) is 5.43 Å². The van der Waals surface area contributed by atoms with Gasteiger partial charge in [0.05, 0.1) is 13.2 Å². The highest BCUT2D eigenvalue weighted by atomic mass is 127. The van der Waals surface area contributed by atoms with Crippen molar-refractivity contribution in [1.82, 2.24) is 5.43 Å². The van der Waals surface area contributed by atoms with Gasteiger partial charge in [-0.2, -0.15) is 0 Å². The molecule has 0 aliphatic rings. The fourth-order valence-corrected chi connectivity index (χ4v) is 3.01. The molecule has 0 aromatic heterocycles. The molecule has 0 radical (unpaired) electrons. The van der Waals surface area contributed by atoms with Crippen LogP contribution in [-0.4, -0.2) is 7.11 Å². The van der Waals surface area contributed by atoms with Gasteiger partial charge in [-0.05, 0) is 76.5 Å². The number of hydrogen-bond donors (Lipinski definition) is 2. The van der Waals surface area contributed by atoms with E-state index in [1.165, 1.54) is 0 Å². The number of halogens is 2. The molecule has 0 amide bonds. The summed E-state index contributed by atoms with van der Waals surface area (Å²) in [6, 6.07) is 11.7. The Hall–Kier alpha value is -0.820. The summed E-state index contributed by atoms with van der Waals surface area (Å²) in [6.45, 7) is 2.04. The molecule has 2 rings (SSSR count). The molecule has 0 bridgehead atoms. The van der Waals surface area contributed by atoms with Gasteiger partial charge in [-0.1, -0.05) is 17.7 Å². The Morgan fingerprint density at radius 3 is 2.55 bits per heavy atom. The summed E-state index contributed by atoms with van der Waals surface area (Å²) in [5.41, 5.74) is 6.16. The van der Waals surface area contributed by atoms with Crippen LogP contribution in [0.4, 0.5) is 0 Å². The first kappa shape index (κ1) is 15.6. The molecule has 0 fully saturated rings. The van der Waals surface area contributed by atoms with Crippen molar-refractivity contribution in [1.29, 1.82) is 0 Å². The molecule has 1 unspecified atom stereocenters. The maximum Gasteiger partial charge on any atom is 0.119 e. The average Bonchev–Trinajstić information content (AvgIpc) is 2.44. The molecule has 106 valence electrons. The van der Waals surface area contributed by atoms with E-state index in [1.54, 1.807) is 7.11 Å². The van der Waals surface area contributed by atoms with E-state index in [1.807, 2.05) is 43.3 Å². The fraction of sp³-hybridized carbons (Fsp3) is 0.200. The van der Waals surface area contributed by atoms with Crippen molar-refractivity contribution >= 4 is 34.2 Å². The van der Waals surface area contributed by atoms with Gasteiger partial charge in [0.25, 0.3) is 0 Å². The van der Waals surface area contributed by atoms with Gasteiger partial charge in [0.1, 0.15) is 5.75 Å². The van der Waals surface area contributed by atoms with Gasteiger partial charge in [-0.3, -0.25) is 5.84 Å². The standard InChI is InChI=1S/C15H16ClIN2O/c1-9-7-11(20-2)4-5-12(9)15(19-18)13-8-10(16)3-6-14(13)17/h3-8,15,19H,18H2,1-2H3. The zero-order valence-corrected chi connectivity index (χ0v) is 14.2. The Morgan fingerprint density at radius 1 is 1.20 bits per heavy atom. The van der Waals surface area contributed by atoms with Crippen LogP contribution in [0.5, 0.6) is 5.75 Å². The second-order valence-corrected chi connectivity index (χ2v) is 6.09. The number of nitrogens with one attached hydrogen (secondary N) is 1. The summed E-state index contributed by atoms with van der Waals surface area (Å²) in [4.78, 5) is 0. The Morgan fingerprint density at radius 2 is 1.95 bits per heavy atom. The SMILES string of the molecule is COc1ccc(C(NN)c2cc(Cl)ccc2I)c(C)c1. The Kier molecular flexibility index (Phi) is 5.26. The van der Waals surface area contributed by atoms with E-state index in [0.29, 0.717) is 5.02 Å². The van der Waals surface area contributed by atoms with Crippen molar-refractivity contribution in [3.05, 3.63) is 61.7 Å². The number of aryl methyl sites for hydroxylation is 1. The molecule has 2 aromatic rings. The van der Waals surface area contributed by atoms with Crippen LogP contribution in [-0.2, 0) is 0 Å². The van der Waals surface area contributed by atoms with Crippen molar-refractivity contribution in [3.63, 3.8) is 0 Å². The minimum absolute atomic E-state index is 0.105. The lowest BCUT2D eigenvalue weighted by Gasteiger charge is -2.21. The van der Waals surface area contributed by atoms with Gasteiger partial charge in [0, 0.05) is 8.59 Å². The van der Waals surface area contributed by atoms with Crippen LogP contribution in [0.1, 0.15) is 22.7 Å². The fourth-order valence-electron chi connectivity index (χ4n) is 2.18. The van der Waals surface area contributed by atoms with Crippen molar-refractivity contribution in [2.24, 2.45) is 5.84 Å². The summed E-state index contributed by atoms with van der Waals surface area (Å²) in [7, 11) is 1.66. The molecule has 0 aliphatic carbocycles. The zero-order valence-electron chi connectivity index (χ0n) is 11.3. The molecule has 3 nitrogen and oxygen atoms in total. The number of nitrogens with two attached hydrogens (primary N) is 1. The van der Waals surface area contributed by atoms with E-state index in [0.717, 1.165) is 26.0 Å². The second kappa shape index (κ2) is 6.76. The van der Waals surface area contributed by atoms with Crippen molar-refractivity contribution < 1.29 is 4.74 Å². The maximum atomic E-state index is 6.10. The molecule has 2 aromatic carbocycles. The van der Waals surface area contributed by atoms with Gasteiger partial charge in [0.15, 0.2) is 0 Å². The number of ether oxygens (including phenoxy) is 1. The monoisotopic (exact) mass is 402 g/mol.